The van der Waals surface area contributed by atoms with Gasteiger partial charge in [-0.25, -0.2) is 14.6 Å². The van der Waals surface area contributed by atoms with Crippen LogP contribution >= 0.6 is 0 Å². The molecule has 0 bridgehead atoms. The number of rotatable bonds is 6. The quantitative estimate of drug-likeness (QED) is 0.203. The van der Waals surface area contributed by atoms with Gasteiger partial charge in [0.1, 0.15) is 12.1 Å². The predicted molar refractivity (Wildman–Crippen MR) is 98.9 cm³/mol. The number of nitro groups is 1. The summed E-state index contributed by atoms with van der Waals surface area (Å²) in [6.07, 6.45) is 0. The summed E-state index contributed by atoms with van der Waals surface area (Å²) in [5.74, 6) is -1.68. The zero-order valence-electron chi connectivity index (χ0n) is 15.2. The zero-order valence-corrected chi connectivity index (χ0v) is 15.2. The second-order valence-corrected chi connectivity index (χ2v) is 5.79. The Morgan fingerprint density at radius 2 is 1.76 bits per heavy atom. The smallest absolute Gasteiger partial charge is 0.407 e. The van der Waals surface area contributed by atoms with Crippen molar-refractivity contribution in [2.45, 2.75) is 13.5 Å². The lowest BCUT2D eigenvalue weighted by Crippen LogP contribution is -2.39. The molecule has 2 aromatic carbocycles. The molecule has 3 rings (SSSR count). The molecule has 1 aromatic heterocycles. The van der Waals surface area contributed by atoms with Crippen LogP contribution in [0.1, 0.15) is 33.5 Å². The SMILES string of the molecule is CCOC(=O)c1c(COC(=O)c2ccc([N+](=O)[O-])cc2)nc2ccccc2[n+]1[O-]. The van der Waals surface area contributed by atoms with Crippen LogP contribution in [0.2, 0.25) is 0 Å². The molecule has 0 N–H and O–H groups in total. The van der Waals surface area contributed by atoms with Crippen molar-refractivity contribution in [3.63, 3.8) is 0 Å². The Bertz CT molecular complexity index is 1100. The van der Waals surface area contributed by atoms with Crippen LogP contribution in [-0.4, -0.2) is 28.5 Å². The summed E-state index contributed by atoms with van der Waals surface area (Å²) in [6, 6.07) is 11.2. The summed E-state index contributed by atoms with van der Waals surface area (Å²) in [4.78, 5) is 38.8. The first-order valence-corrected chi connectivity index (χ1v) is 8.52. The van der Waals surface area contributed by atoms with Crippen molar-refractivity contribution >= 4 is 28.7 Å². The van der Waals surface area contributed by atoms with Crippen LogP contribution in [0.4, 0.5) is 5.69 Å². The van der Waals surface area contributed by atoms with Gasteiger partial charge >= 0.3 is 17.6 Å². The van der Waals surface area contributed by atoms with Crippen LogP contribution < -0.4 is 4.73 Å². The van der Waals surface area contributed by atoms with Gasteiger partial charge in [0.2, 0.25) is 5.52 Å². The van der Waals surface area contributed by atoms with Crippen LogP contribution in [0.3, 0.4) is 0 Å². The van der Waals surface area contributed by atoms with Crippen molar-refractivity contribution in [3.05, 3.63) is 80.8 Å². The molecule has 0 aliphatic carbocycles. The number of esters is 2. The highest BCUT2D eigenvalue weighted by Gasteiger charge is 2.28. The fourth-order valence-electron chi connectivity index (χ4n) is 2.60. The van der Waals surface area contributed by atoms with Gasteiger partial charge in [0, 0.05) is 18.2 Å². The average molecular weight is 397 g/mol. The number of nitrogens with zero attached hydrogens (tertiary/aromatic N) is 3. The van der Waals surface area contributed by atoms with Gasteiger partial charge in [-0.05, 0) is 25.1 Å². The van der Waals surface area contributed by atoms with E-state index < -0.39 is 23.5 Å². The zero-order chi connectivity index (χ0) is 21.0. The van der Waals surface area contributed by atoms with E-state index in [1.807, 2.05) is 0 Å². The number of carbonyl (C=O) groups excluding carboxylic acids is 2. The number of nitro benzene ring substituents is 1. The predicted octanol–water partition coefficient (Wildman–Crippen LogP) is 2.31. The molecule has 0 saturated carbocycles. The minimum Gasteiger partial charge on any atom is -0.618 e. The van der Waals surface area contributed by atoms with Gasteiger partial charge in [-0.1, -0.05) is 12.1 Å². The minimum absolute atomic E-state index is 0.0493. The molecule has 29 heavy (non-hydrogen) atoms. The fourth-order valence-corrected chi connectivity index (χ4v) is 2.60. The molecular weight excluding hydrogens is 382 g/mol. The number of benzene rings is 2. The molecule has 0 spiro atoms. The van der Waals surface area contributed by atoms with Gasteiger partial charge in [0.25, 0.3) is 5.69 Å². The van der Waals surface area contributed by atoms with Crippen LogP contribution in [0.25, 0.3) is 11.0 Å². The summed E-state index contributed by atoms with van der Waals surface area (Å²) in [5, 5.41) is 23.3. The van der Waals surface area contributed by atoms with E-state index in [2.05, 4.69) is 4.98 Å². The maximum absolute atomic E-state index is 12.7. The van der Waals surface area contributed by atoms with E-state index in [0.717, 1.165) is 0 Å². The van der Waals surface area contributed by atoms with Gasteiger partial charge in [0.15, 0.2) is 5.69 Å². The Labute approximate surface area is 164 Å². The molecule has 3 aromatic rings. The van der Waals surface area contributed by atoms with Gasteiger partial charge in [0.05, 0.1) is 17.1 Å². The summed E-state index contributed by atoms with van der Waals surface area (Å²) >= 11 is 0. The average Bonchev–Trinajstić information content (AvgIpc) is 2.72. The first kappa shape index (κ1) is 19.7. The number of carbonyl (C=O) groups is 2. The van der Waals surface area contributed by atoms with Crippen LogP contribution in [0.15, 0.2) is 48.5 Å². The lowest BCUT2D eigenvalue weighted by Gasteiger charge is -2.11. The highest BCUT2D eigenvalue weighted by Crippen LogP contribution is 2.16. The van der Waals surface area contributed by atoms with E-state index in [1.54, 1.807) is 25.1 Å². The molecule has 0 aliphatic heterocycles. The molecule has 0 atom stereocenters. The number of non-ortho nitro benzene ring substituents is 1. The monoisotopic (exact) mass is 397 g/mol. The Hall–Kier alpha value is -4.08. The molecular formula is C19H15N3O7. The van der Waals surface area contributed by atoms with Crippen molar-refractivity contribution in [2.24, 2.45) is 0 Å². The Morgan fingerprint density at radius 3 is 2.41 bits per heavy atom. The van der Waals surface area contributed by atoms with Crippen molar-refractivity contribution in [1.29, 1.82) is 0 Å². The number of hydrogen-bond donors (Lipinski definition) is 0. The lowest BCUT2D eigenvalue weighted by atomic mass is 10.2. The number of para-hydroxylation sites is 2. The molecule has 0 aliphatic rings. The number of hydrogen-bond acceptors (Lipinski definition) is 8. The third-order valence-electron chi connectivity index (χ3n) is 3.95. The molecule has 0 unspecified atom stereocenters. The highest BCUT2D eigenvalue weighted by molar-refractivity contribution is 5.90. The summed E-state index contributed by atoms with van der Waals surface area (Å²) in [7, 11) is 0. The Morgan fingerprint density at radius 1 is 1.07 bits per heavy atom. The van der Waals surface area contributed by atoms with E-state index >= 15 is 0 Å². The number of aromatic nitrogens is 2. The lowest BCUT2D eigenvalue weighted by molar-refractivity contribution is -0.581. The standard InChI is InChI=1S/C19H15N3O7/c1-2-28-19(24)17-15(20-14-5-3-4-6-16(14)21(17)25)11-29-18(23)12-7-9-13(10-8-12)22(26)27/h3-10H,2,11H2,1H3. The van der Waals surface area contributed by atoms with Crippen molar-refractivity contribution in [2.75, 3.05) is 6.61 Å². The van der Waals surface area contributed by atoms with Crippen LogP contribution in [0.5, 0.6) is 0 Å². The first-order chi connectivity index (χ1) is 13.9. The van der Waals surface area contributed by atoms with E-state index in [1.165, 1.54) is 30.3 Å². The minimum atomic E-state index is -0.887. The fraction of sp³-hybridized carbons (Fsp3) is 0.158. The Kier molecular flexibility index (Phi) is 5.63. The molecule has 0 radical (unpaired) electrons. The van der Waals surface area contributed by atoms with Gasteiger partial charge < -0.3 is 14.7 Å². The second kappa shape index (κ2) is 8.30. The highest BCUT2D eigenvalue weighted by atomic mass is 16.6. The summed E-state index contributed by atoms with van der Waals surface area (Å²) in [6.45, 7) is 1.18. The molecule has 0 saturated heterocycles. The third-order valence-corrected chi connectivity index (χ3v) is 3.95. The number of fused-ring (bicyclic) bond motifs is 1. The topological polar surface area (TPSA) is 136 Å². The maximum atomic E-state index is 12.7. The van der Waals surface area contributed by atoms with Crippen molar-refractivity contribution in [3.8, 4) is 0 Å². The van der Waals surface area contributed by atoms with Gasteiger partial charge in [-0.3, -0.25) is 10.1 Å². The Balaban J connectivity index is 1.90. The van der Waals surface area contributed by atoms with Crippen LogP contribution in [0, 0.1) is 15.3 Å². The number of ether oxygens (including phenoxy) is 2. The van der Waals surface area contributed by atoms with E-state index in [9.17, 15) is 24.9 Å². The summed E-state index contributed by atoms with van der Waals surface area (Å²) in [5.41, 5.74) is -0.0498. The molecule has 0 fully saturated rings. The maximum Gasteiger partial charge on any atom is 0.407 e. The van der Waals surface area contributed by atoms with E-state index in [0.29, 0.717) is 10.2 Å². The molecule has 0 amide bonds. The summed E-state index contributed by atoms with van der Waals surface area (Å²) < 4.78 is 10.5. The van der Waals surface area contributed by atoms with E-state index in [-0.39, 0.29) is 34.8 Å². The first-order valence-electron chi connectivity index (χ1n) is 8.52. The molecule has 10 heteroatoms. The van der Waals surface area contributed by atoms with E-state index in [4.69, 9.17) is 9.47 Å². The molecule has 10 nitrogen and oxygen atoms in total. The molecule has 148 valence electrons. The van der Waals surface area contributed by atoms with Gasteiger partial charge in [-0.15, -0.1) is 0 Å². The third kappa shape index (κ3) is 4.10. The largest absolute Gasteiger partial charge is 0.618 e. The molecule has 1 heterocycles. The van der Waals surface area contributed by atoms with Crippen LogP contribution in [-0.2, 0) is 16.1 Å². The van der Waals surface area contributed by atoms with Crippen molar-refractivity contribution in [1.82, 2.24) is 4.98 Å². The van der Waals surface area contributed by atoms with Crippen molar-refractivity contribution < 1.29 is 28.7 Å². The van der Waals surface area contributed by atoms with Gasteiger partial charge in [-0.2, -0.15) is 4.73 Å². The normalized spacial score (nSPS) is 10.5. The second-order valence-electron chi connectivity index (χ2n) is 5.79.